The predicted octanol–water partition coefficient (Wildman–Crippen LogP) is 1.72. The Balaban J connectivity index is 2.90. The van der Waals surface area contributed by atoms with Crippen molar-refractivity contribution in [3.05, 3.63) is 30.3 Å². The monoisotopic (exact) mass is 215 g/mol. The van der Waals surface area contributed by atoms with Gasteiger partial charge in [-0.3, -0.25) is 4.55 Å². The first-order valence-corrected chi connectivity index (χ1v) is 5.57. The average Bonchev–Trinajstić information content (AvgIpc) is 2.03. The largest absolute Gasteiger partial charge is 0.365 e. The maximum atomic E-state index is 11.0. The number of benzene rings is 1. The Morgan fingerprint density at radius 1 is 1.21 bits per heavy atom. The van der Waals surface area contributed by atoms with Crippen molar-refractivity contribution in [1.82, 2.24) is 0 Å². The Labute approximate surface area is 83.7 Å². The molecule has 0 aliphatic carbocycles. The number of nitrogens with one attached hydrogen (secondary N) is 1. The lowest BCUT2D eigenvalue weighted by Crippen LogP contribution is -2.39. The molecule has 14 heavy (non-hydrogen) atoms. The molecule has 0 saturated carbocycles. The number of para-hydroxylation sites is 1. The van der Waals surface area contributed by atoms with Crippen molar-refractivity contribution in [2.45, 2.75) is 18.7 Å². The number of hydrogen-bond acceptors (Lipinski definition) is 3. The molecule has 4 nitrogen and oxygen atoms in total. The van der Waals surface area contributed by atoms with E-state index in [1.165, 1.54) is 13.8 Å². The van der Waals surface area contributed by atoms with E-state index in [4.69, 9.17) is 4.55 Å². The van der Waals surface area contributed by atoms with Crippen molar-refractivity contribution in [3.63, 3.8) is 0 Å². The Morgan fingerprint density at radius 2 is 1.71 bits per heavy atom. The van der Waals surface area contributed by atoms with Crippen LogP contribution in [0.2, 0.25) is 0 Å². The molecular weight excluding hydrogens is 202 g/mol. The van der Waals surface area contributed by atoms with E-state index in [1.54, 1.807) is 24.3 Å². The zero-order valence-electron chi connectivity index (χ0n) is 8.06. The summed E-state index contributed by atoms with van der Waals surface area (Å²) < 4.78 is 30.8. The molecule has 0 amide bonds. The van der Waals surface area contributed by atoms with E-state index >= 15 is 0 Å². The highest BCUT2D eigenvalue weighted by Crippen LogP contribution is 2.18. The van der Waals surface area contributed by atoms with Crippen LogP contribution in [0.3, 0.4) is 0 Å². The highest BCUT2D eigenvalue weighted by atomic mass is 32.2. The molecule has 1 aromatic carbocycles. The van der Waals surface area contributed by atoms with Gasteiger partial charge in [0.1, 0.15) is 0 Å². The van der Waals surface area contributed by atoms with Crippen LogP contribution in [0.1, 0.15) is 13.8 Å². The molecule has 0 fully saturated rings. The summed E-state index contributed by atoms with van der Waals surface area (Å²) in [7, 11) is -4.11. The molecule has 0 spiro atoms. The van der Waals surface area contributed by atoms with Gasteiger partial charge in [-0.1, -0.05) is 18.2 Å². The van der Waals surface area contributed by atoms with Gasteiger partial charge in [-0.15, -0.1) is 0 Å². The molecule has 5 heteroatoms. The zero-order valence-corrected chi connectivity index (χ0v) is 8.88. The molecule has 0 bridgehead atoms. The van der Waals surface area contributed by atoms with Crippen molar-refractivity contribution in [3.8, 4) is 0 Å². The Hall–Kier alpha value is -1.07. The van der Waals surface area contributed by atoms with Crippen LogP contribution < -0.4 is 5.32 Å². The van der Waals surface area contributed by atoms with Gasteiger partial charge in [0.15, 0.2) is 4.87 Å². The number of anilines is 1. The second-order valence-electron chi connectivity index (χ2n) is 3.48. The van der Waals surface area contributed by atoms with E-state index < -0.39 is 15.0 Å². The van der Waals surface area contributed by atoms with Crippen molar-refractivity contribution < 1.29 is 13.0 Å². The summed E-state index contributed by atoms with van der Waals surface area (Å²) in [5.41, 5.74) is 0.648. The summed E-state index contributed by atoms with van der Waals surface area (Å²) in [5, 5.41) is 2.72. The van der Waals surface area contributed by atoms with Gasteiger partial charge in [-0.05, 0) is 26.0 Å². The summed E-state index contributed by atoms with van der Waals surface area (Å²) >= 11 is 0. The van der Waals surface area contributed by atoms with E-state index in [2.05, 4.69) is 5.32 Å². The first-order chi connectivity index (χ1) is 6.33. The number of hydrogen-bond donors (Lipinski definition) is 2. The van der Waals surface area contributed by atoms with Crippen molar-refractivity contribution in [1.29, 1.82) is 0 Å². The molecule has 0 saturated heterocycles. The first-order valence-electron chi connectivity index (χ1n) is 4.13. The molecule has 0 heterocycles. The van der Waals surface area contributed by atoms with Gasteiger partial charge in [-0.25, -0.2) is 0 Å². The lowest BCUT2D eigenvalue weighted by molar-refractivity contribution is 0.453. The van der Waals surface area contributed by atoms with Crippen LogP contribution in [0.15, 0.2) is 30.3 Å². The zero-order chi connectivity index (χ0) is 10.8. The van der Waals surface area contributed by atoms with Gasteiger partial charge in [0.05, 0.1) is 0 Å². The third-order valence-corrected chi connectivity index (χ3v) is 3.26. The second-order valence-corrected chi connectivity index (χ2v) is 5.45. The van der Waals surface area contributed by atoms with E-state index in [9.17, 15) is 8.42 Å². The Kier molecular flexibility index (Phi) is 2.82. The molecule has 2 N–H and O–H groups in total. The lowest BCUT2D eigenvalue weighted by atomic mass is 10.3. The normalized spacial score (nSPS) is 12.5. The minimum atomic E-state index is -4.11. The summed E-state index contributed by atoms with van der Waals surface area (Å²) in [6.45, 7) is 2.80. The van der Waals surface area contributed by atoms with Crippen molar-refractivity contribution >= 4 is 15.8 Å². The predicted molar refractivity (Wildman–Crippen MR) is 55.7 cm³/mol. The van der Waals surface area contributed by atoms with Crippen LogP contribution >= 0.6 is 0 Å². The quantitative estimate of drug-likeness (QED) is 0.753. The summed E-state index contributed by atoms with van der Waals surface area (Å²) in [6, 6.07) is 8.84. The fraction of sp³-hybridized carbons (Fsp3) is 0.333. The molecule has 1 rings (SSSR count). The van der Waals surface area contributed by atoms with Gasteiger partial charge in [0, 0.05) is 5.69 Å². The lowest BCUT2D eigenvalue weighted by Gasteiger charge is -2.23. The Morgan fingerprint density at radius 3 is 2.14 bits per heavy atom. The molecule has 0 aromatic heterocycles. The van der Waals surface area contributed by atoms with E-state index in [1.807, 2.05) is 6.07 Å². The SMILES string of the molecule is CC(C)(Nc1ccccc1)S(=O)(=O)O. The van der Waals surface area contributed by atoms with Crippen LogP contribution in [0.5, 0.6) is 0 Å². The third-order valence-electron chi connectivity index (χ3n) is 1.86. The summed E-state index contributed by atoms with van der Waals surface area (Å²) in [6.07, 6.45) is 0. The molecule has 0 unspecified atom stereocenters. The minimum absolute atomic E-state index is 0.648. The van der Waals surface area contributed by atoms with Crippen molar-refractivity contribution in [2.24, 2.45) is 0 Å². The van der Waals surface area contributed by atoms with Crippen molar-refractivity contribution in [2.75, 3.05) is 5.32 Å². The summed E-state index contributed by atoms with van der Waals surface area (Å²) in [4.78, 5) is -1.38. The van der Waals surface area contributed by atoms with Gasteiger partial charge < -0.3 is 5.32 Å². The van der Waals surface area contributed by atoms with Gasteiger partial charge >= 0.3 is 0 Å². The first kappa shape index (κ1) is 11.0. The molecule has 0 atom stereocenters. The van der Waals surface area contributed by atoms with Gasteiger partial charge in [-0.2, -0.15) is 8.42 Å². The standard InChI is InChI=1S/C9H13NO3S/c1-9(2,14(11,12)13)10-8-6-4-3-5-7-8/h3-7,10H,1-2H3,(H,11,12,13). The molecule has 78 valence electrons. The van der Waals surface area contributed by atoms with E-state index in [0.717, 1.165) is 0 Å². The summed E-state index contributed by atoms with van der Waals surface area (Å²) in [5.74, 6) is 0. The molecule has 1 aromatic rings. The van der Waals surface area contributed by atoms with Crippen LogP contribution in [0, 0.1) is 0 Å². The maximum Gasteiger partial charge on any atom is 0.288 e. The third kappa shape index (κ3) is 2.46. The fourth-order valence-electron chi connectivity index (χ4n) is 0.934. The van der Waals surface area contributed by atoms with E-state index in [-0.39, 0.29) is 0 Å². The fourth-order valence-corrected chi connectivity index (χ4v) is 1.18. The van der Waals surface area contributed by atoms with Crippen LogP contribution in [-0.2, 0) is 10.1 Å². The second kappa shape index (κ2) is 3.59. The highest BCUT2D eigenvalue weighted by Gasteiger charge is 2.32. The van der Waals surface area contributed by atoms with Gasteiger partial charge in [0.25, 0.3) is 10.1 Å². The molecule has 0 aliphatic heterocycles. The van der Waals surface area contributed by atoms with E-state index in [0.29, 0.717) is 5.69 Å². The van der Waals surface area contributed by atoms with Gasteiger partial charge in [0.2, 0.25) is 0 Å². The minimum Gasteiger partial charge on any atom is -0.365 e. The highest BCUT2D eigenvalue weighted by molar-refractivity contribution is 7.87. The van der Waals surface area contributed by atoms with Crippen LogP contribution in [0.4, 0.5) is 5.69 Å². The smallest absolute Gasteiger partial charge is 0.288 e. The topological polar surface area (TPSA) is 66.4 Å². The molecule has 0 radical (unpaired) electrons. The van der Waals surface area contributed by atoms with Crippen LogP contribution in [-0.4, -0.2) is 17.8 Å². The maximum absolute atomic E-state index is 11.0. The molecule has 0 aliphatic rings. The number of rotatable bonds is 3. The average molecular weight is 215 g/mol. The Bertz CT molecular complexity index is 397. The molecular formula is C9H13NO3S. The van der Waals surface area contributed by atoms with Crippen LogP contribution in [0.25, 0.3) is 0 Å².